The van der Waals surface area contributed by atoms with Gasteiger partial charge in [-0.1, -0.05) is 35.9 Å². The Morgan fingerprint density at radius 2 is 1.66 bits per heavy atom. The van der Waals surface area contributed by atoms with Gasteiger partial charge in [-0.05, 0) is 36.8 Å². The smallest absolute Gasteiger partial charge is 0.330 e. The molecular formula is C22H20ClN3O3. The monoisotopic (exact) mass is 409 g/mol. The number of para-hydroxylation sites is 2. The summed E-state index contributed by atoms with van der Waals surface area (Å²) in [6.45, 7) is 2.43. The summed E-state index contributed by atoms with van der Waals surface area (Å²) >= 11 is 6.08. The van der Waals surface area contributed by atoms with Gasteiger partial charge in [0.2, 0.25) is 0 Å². The molecule has 0 aliphatic carbocycles. The molecule has 6 nitrogen and oxygen atoms in total. The predicted molar refractivity (Wildman–Crippen MR) is 115 cm³/mol. The second-order valence-corrected chi connectivity index (χ2v) is 7.16. The van der Waals surface area contributed by atoms with Crippen molar-refractivity contribution in [3.05, 3.63) is 80.6 Å². The SMILES string of the molecule is CCOc1ccccc1-n1cc2c(c1-c1ccc(Cl)cc1)c(=O)n(C)c(=O)n2C. The molecule has 0 aliphatic heterocycles. The van der Waals surface area contributed by atoms with Crippen LogP contribution in [0, 0.1) is 0 Å². The van der Waals surface area contributed by atoms with E-state index in [0.29, 0.717) is 34.0 Å². The van der Waals surface area contributed by atoms with Crippen LogP contribution < -0.4 is 16.0 Å². The van der Waals surface area contributed by atoms with Crippen LogP contribution in [0.4, 0.5) is 0 Å². The van der Waals surface area contributed by atoms with E-state index in [1.165, 1.54) is 11.6 Å². The van der Waals surface area contributed by atoms with Crippen molar-refractivity contribution in [2.24, 2.45) is 14.1 Å². The lowest BCUT2D eigenvalue weighted by Gasteiger charge is -2.14. The first-order chi connectivity index (χ1) is 13.9. The van der Waals surface area contributed by atoms with E-state index in [1.807, 2.05) is 47.9 Å². The summed E-state index contributed by atoms with van der Waals surface area (Å²) in [5, 5.41) is 1.06. The molecule has 0 amide bonds. The average Bonchev–Trinajstić information content (AvgIpc) is 3.12. The van der Waals surface area contributed by atoms with E-state index in [4.69, 9.17) is 16.3 Å². The van der Waals surface area contributed by atoms with Crippen molar-refractivity contribution in [3.8, 4) is 22.7 Å². The van der Waals surface area contributed by atoms with Crippen LogP contribution in [-0.4, -0.2) is 20.3 Å². The molecule has 0 atom stereocenters. The molecule has 0 spiro atoms. The molecular weight excluding hydrogens is 390 g/mol. The number of ether oxygens (including phenoxy) is 1. The van der Waals surface area contributed by atoms with Crippen LogP contribution in [0.2, 0.25) is 5.02 Å². The standard InChI is InChI=1S/C22H20ClN3O3/c1-4-29-18-8-6-5-7-16(18)26-13-17-19(21(27)25(3)22(28)24(17)2)20(26)14-9-11-15(23)12-10-14/h5-13H,4H2,1-3H3. The van der Waals surface area contributed by atoms with Crippen LogP contribution in [0.1, 0.15) is 6.92 Å². The van der Waals surface area contributed by atoms with E-state index >= 15 is 0 Å². The minimum Gasteiger partial charge on any atom is -0.492 e. The number of rotatable bonds is 4. The fourth-order valence-corrected chi connectivity index (χ4v) is 3.68. The third-order valence-corrected chi connectivity index (χ3v) is 5.23. The molecule has 0 saturated carbocycles. The lowest BCUT2D eigenvalue weighted by atomic mass is 10.1. The number of hydrogen-bond donors (Lipinski definition) is 0. The molecule has 0 aliphatic rings. The Bertz CT molecular complexity index is 1330. The van der Waals surface area contributed by atoms with Crippen molar-refractivity contribution >= 4 is 22.5 Å². The summed E-state index contributed by atoms with van der Waals surface area (Å²) in [5.74, 6) is 0.687. The van der Waals surface area contributed by atoms with E-state index in [-0.39, 0.29) is 11.2 Å². The van der Waals surface area contributed by atoms with Gasteiger partial charge in [0.05, 0.1) is 28.9 Å². The van der Waals surface area contributed by atoms with Gasteiger partial charge in [0.25, 0.3) is 5.56 Å². The van der Waals surface area contributed by atoms with Crippen molar-refractivity contribution in [1.29, 1.82) is 0 Å². The number of fused-ring (bicyclic) bond motifs is 1. The second-order valence-electron chi connectivity index (χ2n) is 6.72. The van der Waals surface area contributed by atoms with E-state index in [2.05, 4.69) is 0 Å². The molecule has 2 aromatic carbocycles. The highest BCUT2D eigenvalue weighted by atomic mass is 35.5. The fourth-order valence-electron chi connectivity index (χ4n) is 3.56. The summed E-state index contributed by atoms with van der Waals surface area (Å²) < 4.78 is 10.3. The predicted octanol–water partition coefficient (Wildman–Crippen LogP) is 3.75. The van der Waals surface area contributed by atoms with E-state index in [0.717, 1.165) is 15.8 Å². The Balaban J connectivity index is 2.18. The van der Waals surface area contributed by atoms with Crippen LogP contribution in [-0.2, 0) is 14.1 Å². The number of aromatic nitrogens is 3. The van der Waals surface area contributed by atoms with Gasteiger partial charge in [-0.2, -0.15) is 0 Å². The lowest BCUT2D eigenvalue weighted by molar-refractivity contribution is 0.339. The Morgan fingerprint density at radius 3 is 2.34 bits per heavy atom. The van der Waals surface area contributed by atoms with Gasteiger partial charge in [0.1, 0.15) is 5.75 Å². The molecule has 2 heterocycles. The van der Waals surface area contributed by atoms with Crippen molar-refractivity contribution in [2.45, 2.75) is 6.92 Å². The van der Waals surface area contributed by atoms with Crippen LogP contribution in [0.25, 0.3) is 27.8 Å². The molecule has 0 N–H and O–H groups in total. The lowest BCUT2D eigenvalue weighted by Crippen LogP contribution is -2.36. The van der Waals surface area contributed by atoms with E-state index in [9.17, 15) is 9.59 Å². The van der Waals surface area contributed by atoms with Crippen molar-refractivity contribution < 1.29 is 4.74 Å². The summed E-state index contributed by atoms with van der Waals surface area (Å²) in [6, 6.07) is 14.9. The van der Waals surface area contributed by atoms with Gasteiger partial charge >= 0.3 is 5.69 Å². The molecule has 2 aromatic heterocycles. The molecule has 29 heavy (non-hydrogen) atoms. The maximum Gasteiger partial charge on any atom is 0.330 e. The van der Waals surface area contributed by atoms with Crippen molar-refractivity contribution in [2.75, 3.05) is 6.61 Å². The van der Waals surface area contributed by atoms with Gasteiger partial charge in [-0.3, -0.25) is 13.9 Å². The third-order valence-electron chi connectivity index (χ3n) is 4.98. The van der Waals surface area contributed by atoms with Gasteiger partial charge in [0.15, 0.2) is 0 Å². The molecule has 0 radical (unpaired) electrons. The van der Waals surface area contributed by atoms with E-state index < -0.39 is 0 Å². The number of halogens is 1. The first-order valence-corrected chi connectivity index (χ1v) is 9.61. The van der Waals surface area contributed by atoms with Crippen LogP contribution in [0.5, 0.6) is 5.75 Å². The van der Waals surface area contributed by atoms with Crippen LogP contribution >= 0.6 is 11.6 Å². The zero-order chi connectivity index (χ0) is 20.7. The molecule has 0 unspecified atom stereocenters. The number of nitrogens with zero attached hydrogens (tertiary/aromatic N) is 3. The van der Waals surface area contributed by atoms with Gasteiger partial charge in [0, 0.05) is 25.3 Å². The summed E-state index contributed by atoms with van der Waals surface area (Å²) in [7, 11) is 3.15. The average molecular weight is 410 g/mol. The first-order valence-electron chi connectivity index (χ1n) is 9.23. The van der Waals surface area contributed by atoms with Crippen LogP contribution in [0.3, 0.4) is 0 Å². The van der Waals surface area contributed by atoms with Gasteiger partial charge in [-0.25, -0.2) is 4.79 Å². The number of hydrogen-bond acceptors (Lipinski definition) is 3. The molecule has 148 valence electrons. The largest absolute Gasteiger partial charge is 0.492 e. The molecule has 7 heteroatoms. The third kappa shape index (κ3) is 3.06. The topological polar surface area (TPSA) is 58.2 Å². The Hall–Kier alpha value is -3.25. The highest BCUT2D eigenvalue weighted by molar-refractivity contribution is 6.30. The molecule has 0 saturated heterocycles. The minimum atomic E-state index is -0.375. The molecule has 0 bridgehead atoms. The first kappa shape index (κ1) is 19.1. The van der Waals surface area contributed by atoms with Gasteiger partial charge in [-0.15, -0.1) is 0 Å². The molecule has 0 fully saturated rings. The fraction of sp³-hybridized carbons (Fsp3) is 0.182. The number of aryl methyl sites for hydroxylation is 1. The van der Waals surface area contributed by atoms with Crippen molar-refractivity contribution in [3.63, 3.8) is 0 Å². The molecule has 4 aromatic rings. The van der Waals surface area contributed by atoms with Crippen LogP contribution in [0.15, 0.2) is 64.3 Å². The zero-order valence-corrected chi connectivity index (χ0v) is 17.1. The maximum atomic E-state index is 13.1. The summed E-state index contributed by atoms with van der Waals surface area (Å²) in [5.41, 5.74) is 2.10. The zero-order valence-electron chi connectivity index (χ0n) is 16.3. The van der Waals surface area contributed by atoms with E-state index in [1.54, 1.807) is 25.4 Å². The normalized spacial score (nSPS) is 11.2. The Labute approximate surface area is 172 Å². The maximum absolute atomic E-state index is 13.1. The second kappa shape index (κ2) is 7.29. The Morgan fingerprint density at radius 1 is 0.966 bits per heavy atom. The minimum absolute atomic E-state index is 0.347. The highest BCUT2D eigenvalue weighted by Gasteiger charge is 2.21. The van der Waals surface area contributed by atoms with Crippen molar-refractivity contribution in [1.82, 2.24) is 13.7 Å². The van der Waals surface area contributed by atoms with Gasteiger partial charge < -0.3 is 9.30 Å². The highest BCUT2D eigenvalue weighted by Crippen LogP contribution is 2.34. The summed E-state index contributed by atoms with van der Waals surface area (Å²) in [4.78, 5) is 25.6. The molecule has 4 rings (SSSR count). The number of benzene rings is 2. The summed E-state index contributed by atoms with van der Waals surface area (Å²) in [6.07, 6.45) is 1.81. The quantitative estimate of drug-likeness (QED) is 0.516. The Kier molecular flexibility index (Phi) is 4.80.